The first-order valence-corrected chi connectivity index (χ1v) is 10.6. The smallest absolute Gasteiger partial charge is 0.241 e. The van der Waals surface area contributed by atoms with Crippen molar-refractivity contribution in [2.75, 3.05) is 29.1 Å². The van der Waals surface area contributed by atoms with Crippen molar-refractivity contribution in [3.8, 4) is 0 Å². The summed E-state index contributed by atoms with van der Waals surface area (Å²) in [5, 5.41) is 6.43. The van der Waals surface area contributed by atoms with Gasteiger partial charge < -0.3 is 15.5 Å². The van der Waals surface area contributed by atoms with Crippen LogP contribution in [0.5, 0.6) is 0 Å². The highest BCUT2D eigenvalue weighted by molar-refractivity contribution is 6.35. The van der Waals surface area contributed by atoms with Crippen molar-refractivity contribution in [2.24, 2.45) is 0 Å². The number of hydrogen-bond acceptors (Lipinski definition) is 4. The Labute approximate surface area is 191 Å². The number of carbonyl (C=O) groups excluding carboxylic acids is 3. The van der Waals surface area contributed by atoms with E-state index in [4.69, 9.17) is 23.2 Å². The maximum absolute atomic E-state index is 13.2. The second kappa shape index (κ2) is 9.68. The molecule has 3 rings (SSSR count). The molecule has 7 nitrogen and oxygen atoms in total. The molecular formula is C22H24Cl2N4O3. The molecule has 0 aromatic heterocycles. The van der Waals surface area contributed by atoms with Gasteiger partial charge in [-0.15, -0.1) is 0 Å². The molecule has 164 valence electrons. The van der Waals surface area contributed by atoms with E-state index >= 15 is 0 Å². The van der Waals surface area contributed by atoms with Crippen LogP contribution >= 0.6 is 23.2 Å². The van der Waals surface area contributed by atoms with Gasteiger partial charge in [-0.3, -0.25) is 19.3 Å². The van der Waals surface area contributed by atoms with Crippen LogP contribution in [-0.4, -0.2) is 48.3 Å². The molecular weight excluding hydrogens is 439 g/mol. The predicted octanol–water partition coefficient (Wildman–Crippen LogP) is 4.02. The quantitative estimate of drug-likeness (QED) is 0.702. The van der Waals surface area contributed by atoms with E-state index in [9.17, 15) is 14.4 Å². The first-order chi connectivity index (χ1) is 14.7. The molecule has 0 fully saturated rings. The number of nitrogens with one attached hydrogen (secondary N) is 2. The van der Waals surface area contributed by atoms with Crippen molar-refractivity contribution in [1.82, 2.24) is 4.90 Å². The van der Waals surface area contributed by atoms with Gasteiger partial charge in [0.2, 0.25) is 17.7 Å². The number of fused-ring (bicyclic) bond motifs is 1. The summed E-state index contributed by atoms with van der Waals surface area (Å²) >= 11 is 12.0. The van der Waals surface area contributed by atoms with Gasteiger partial charge in [-0.25, -0.2) is 0 Å². The second-order valence-electron chi connectivity index (χ2n) is 7.62. The van der Waals surface area contributed by atoms with Gasteiger partial charge in [-0.2, -0.15) is 0 Å². The minimum atomic E-state index is -0.598. The van der Waals surface area contributed by atoms with Crippen LogP contribution in [-0.2, 0) is 14.4 Å². The molecule has 2 atom stereocenters. The number of benzene rings is 2. The first kappa shape index (κ1) is 23.1. The van der Waals surface area contributed by atoms with Gasteiger partial charge in [-0.1, -0.05) is 35.3 Å². The highest BCUT2D eigenvalue weighted by Gasteiger charge is 2.31. The number of halogens is 2. The Hall–Kier alpha value is -2.61. The van der Waals surface area contributed by atoms with Gasteiger partial charge in [0, 0.05) is 28.2 Å². The van der Waals surface area contributed by atoms with Crippen molar-refractivity contribution < 1.29 is 14.4 Å². The topological polar surface area (TPSA) is 81.8 Å². The molecule has 1 heterocycles. The summed E-state index contributed by atoms with van der Waals surface area (Å²) in [6.07, 6.45) is 0.190. The molecule has 9 heteroatoms. The first-order valence-electron chi connectivity index (χ1n) is 9.84. The summed E-state index contributed by atoms with van der Waals surface area (Å²) in [6, 6.07) is 11.0. The Morgan fingerprint density at radius 1 is 1.23 bits per heavy atom. The fourth-order valence-electron chi connectivity index (χ4n) is 3.47. The van der Waals surface area contributed by atoms with Crippen LogP contribution in [0.1, 0.15) is 20.3 Å². The Bertz CT molecular complexity index is 994. The summed E-state index contributed by atoms with van der Waals surface area (Å²) in [6.45, 7) is 3.54. The highest BCUT2D eigenvalue weighted by Crippen LogP contribution is 2.31. The van der Waals surface area contributed by atoms with Gasteiger partial charge >= 0.3 is 0 Å². The van der Waals surface area contributed by atoms with E-state index in [0.717, 1.165) is 0 Å². The Kier molecular flexibility index (Phi) is 7.20. The Morgan fingerprint density at radius 2 is 1.87 bits per heavy atom. The zero-order valence-electron chi connectivity index (χ0n) is 17.5. The number of amides is 3. The lowest BCUT2D eigenvalue weighted by atomic mass is 10.1. The number of anilines is 3. The summed E-state index contributed by atoms with van der Waals surface area (Å²) in [7, 11) is 1.70. The lowest BCUT2D eigenvalue weighted by Crippen LogP contribution is -2.48. The van der Waals surface area contributed by atoms with Crippen molar-refractivity contribution in [3.63, 3.8) is 0 Å². The van der Waals surface area contributed by atoms with Crippen LogP contribution in [0.4, 0.5) is 17.1 Å². The van der Waals surface area contributed by atoms with Crippen LogP contribution < -0.4 is 15.5 Å². The van der Waals surface area contributed by atoms with Crippen LogP contribution in [0, 0.1) is 0 Å². The van der Waals surface area contributed by atoms with E-state index in [1.807, 2.05) is 13.0 Å². The third kappa shape index (κ3) is 5.55. The molecule has 0 saturated carbocycles. The SMILES string of the molecule is C[C@H](C(=O)Nc1cc(Cl)cc(Cl)c1)N(C)CC(=O)N1c2ccccc2NC(=O)C[C@H]1C. The maximum atomic E-state index is 13.2. The van der Waals surface area contributed by atoms with Crippen molar-refractivity contribution >= 4 is 58.0 Å². The third-order valence-corrected chi connectivity index (χ3v) is 5.62. The van der Waals surface area contributed by atoms with Gasteiger partial charge in [0.15, 0.2) is 0 Å². The second-order valence-corrected chi connectivity index (χ2v) is 8.49. The molecule has 0 radical (unpaired) electrons. The van der Waals surface area contributed by atoms with E-state index < -0.39 is 6.04 Å². The number of likely N-dealkylation sites (N-methyl/N-ethyl adjacent to an activating group) is 1. The Balaban J connectivity index is 1.71. The molecule has 2 aromatic rings. The van der Waals surface area contributed by atoms with Crippen LogP contribution in [0.2, 0.25) is 10.0 Å². The molecule has 1 aliphatic heterocycles. The van der Waals surface area contributed by atoms with E-state index in [1.54, 1.807) is 60.2 Å². The molecule has 2 aromatic carbocycles. The highest BCUT2D eigenvalue weighted by atomic mass is 35.5. The summed E-state index contributed by atoms with van der Waals surface area (Å²) in [5.74, 6) is -0.643. The number of carbonyl (C=O) groups is 3. The summed E-state index contributed by atoms with van der Waals surface area (Å²) in [4.78, 5) is 41.3. The zero-order valence-corrected chi connectivity index (χ0v) is 19.0. The molecule has 0 aliphatic carbocycles. The molecule has 3 amide bonds. The molecule has 31 heavy (non-hydrogen) atoms. The number of rotatable bonds is 5. The monoisotopic (exact) mass is 462 g/mol. The molecule has 0 saturated heterocycles. The maximum Gasteiger partial charge on any atom is 0.241 e. The minimum absolute atomic E-state index is 0.00223. The average molecular weight is 463 g/mol. The van der Waals surface area contributed by atoms with E-state index in [1.165, 1.54) is 0 Å². The lowest BCUT2D eigenvalue weighted by Gasteiger charge is -2.31. The number of para-hydroxylation sites is 2. The molecule has 0 spiro atoms. The van der Waals surface area contributed by atoms with E-state index in [0.29, 0.717) is 27.1 Å². The van der Waals surface area contributed by atoms with E-state index in [-0.39, 0.29) is 36.7 Å². The zero-order chi connectivity index (χ0) is 22.7. The van der Waals surface area contributed by atoms with E-state index in [2.05, 4.69) is 10.6 Å². The van der Waals surface area contributed by atoms with Gasteiger partial charge in [-0.05, 0) is 51.2 Å². The molecule has 2 N–H and O–H groups in total. The fourth-order valence-corrected chi connectivity index (χ4v) is 3.99. The van der Waals surface area contributed by atoms with Gasteiger partial charge in [0.25, 0.3) is 0 Å². The van der Waals surface area contributed by atoms with Crippen molar-refractivity contribution in [1.29, 1.82) is 0 Å². The minimum Gasteiger partial charge on any atom is -0.325 e. The summed E-state index contributed by atoms with van der Waals surface area (Å²) < 4.78 is 0. The number of nitrogens with zero attached hydrogens (tertiary/aromatic N) is 2. The largest absolute Gasteiger partial charge is 0.325 e. The van der Waals surface area contributed by atoms with Crippen molar-refractivity contribution in [3.05, 3.63) is 52.5 Å². The summed E-state index contributed by atoms with van der Waals surface area (Å²) in [5.41, 5.74) is 1.72. The third-order valence-electron chi connectivity index (χ3n) is 5.18. The van der Waals surface area contributed by atoms with Crippen LogP contribution in [0.15, 0.2) is 42.5 Å². The fraction of sp³-hybridized carbons (Fsp3) is 0.318. The normalized spacial score (nSPS) is 16.9. The average Bonchev–Trinajstić information content (AvgIpc) is 2.80. The van der Waals surface area contributed by atoms with Gasteiger partial charge in [0.1, 0.15) is 0 Å². The molecule has 0 unspecified atom stereocenters. The van der Waals surface area contributed by atoms with Crippen molar-refractivity contribution in [2.45, 2.75) is 32.4 Å². The standard InChI is InChI=1S/C22H24Cl2N4O3/c1-13-8-20(29)26-18-6-4-5-7-19(18)28(13)21(30)12-27(3)14(2)22(31)25-17-10-15(23)9-16(24)11-17/h4-7,9-11,13-14H,8,12H2,1-3H3,(H,25,31)(H,26,29)/t13-,14-/m1/s1. The lowest BCUT2D eigenvalue weighted by molar-refractivity contribution is -0.123. The number of hydrogen-bond donors (Lipinski definition) is 2. The Morgan fingerprint density at radius 3 is 2.55 bits per heavy atom. The van der Waals surface area contributed by atoms with Crippen LogP contribution in [0.25, 0.3) is 0 Å². The van der Waals surface area contributed by atoms with Gasteiger partial charge in [0.05, 0.1) is 24.0 Å². The molecule has 1 aliphatic rings. The molecule has 0 bridgehead atoms. The van der Waals surface area contributed by atoms with Crippen LogP contribution in [0.3, 0.4) is 0 Å². The predicted molar refractivity (Wildman–Crippen MR) is 124 cm³/mol.